The standard InChI is InChI=1S/C17H29NO2/c1-13-8-5-6-10-15(13)18-11-7-9-14(12-18)20-16(19)17(2,3)4/h7,9,13-15H,5-6,8,10-12H2,1-4H3. The molecule has 1 heterocycles. The molecule has 3 heteroatoms. The molecular weight excluding hydrogens is 250 g/mol. The second-order valence-electron chi connectivity index (χ2n) is 7.40. The van der Waals surface area contributed by atoms with Gasteiger partial charge in [0.15, 0.2) is 0 Å². The molecule has 1 aliphatic carbocycles. The lowest BCUT2D eigenvalue weighted by molar-refractivity contribution is -0.157. The quantitative estimate of drug-likeness (QED) is 0.573. The van der Waals surface area contributed by atoms with Crippen LogP contribution in [-0.2, 0) is 9.53 Å². The van der Waals surface area contributed by atoms with Crippen LogP contribution in [0.1, 0.15) is 53.4 Å². The van der Waals surface area contributed by atoms with Gasteiger partial charge in [-0.1, -0.05) is 25.8 Å². The summed E-state index contributed by atoms with van der Waals surface area (Å²) in [5.74, 6) is 0.653. The summed E-state index contributed by atoms with van der Waals surface area (Å²) < 4.78 is 5.64. The highest BCUT2D eigenvalue weighted by Crippen LogP contribution is 2.29. The van der Waals surface area contributed by atoms with E-state index in [1.54, 1.807) is 0 Å². The summed E-state index contributed by atoms with van der Waals surface area (Å²) in [6, 6.07) is 0.657. The van der Waals surface area contributed by atoms with Crippen molar-refractivity contribution in [2.75, 3.05) is 13.1 Å². The van der Waals surface area contributed by atoms with E-state index in [-0.39, 0.29) is 12.1 Å². The van der Waals surface area contributed by atoms with Crippen molar-refractivity contribution in [2.24, 2.45) is 11.3 Å². The molecule has 0 amide bonds. The molecule has 3 atom stereocenters. The third-order valence-electron chi connectivity index (χ3n) is 4.51. The molecular formula is C17H29NO2. The van der Waals surface area contributed by atoms with Gasteiger partial charge in [-0.05, 0) is 45.6 Å². The van der Waals surface area contributed by atoms with Gasteiger partial charge in [0.05, 0.1) is 5.41 Å². The number of rotatable bonds is 2. The predicted molar refractivity (Wildman–Crippen MR) is 81.5 cm³/mol. The molecule has 0 aromatic heterocycles. The van der Waals surface area contributed by atoms with Crippen molar-refractivity contribution in [3.05, 3.63) is 12.2 Å². The van der Waals surface area contributed by atoms with Crippen molar-refractivity contribution in [3.63, 3.8) is 0 Å². The first-order valence-corrected chi connectivity index (χ1v) is 7.99. The summed E-state index contributed by atoms with van der Waals surface area (Å²) in [5.41, 5.74) is -0.422. The third kappa shape index (κ3) is 3.85. The van der Waals surface area contributed by atoms with Crippen molar-refractivity contribution in [1.82, 2.24) is 4.90 Å². The average Bonchev–Trinajstić information content (AvgIpc) is 2.38. The Labute approximate surface area is 123 Å². The number of esters is 1. The Kier molecular flexibility index (Phi) is 4.90. The normalized spacial score (nSPS) is 32.1. The van der Waals surface area contributed by atoms with Crippen molar-refractivity contribution < 1.29 is 9.53 Å². The Morgan fingerprint density at radius 3 is 2.60 bits per heavy atom. The molecule has 0 bridgehead atoms. The van der Waals surface area contributed by atoms with E-state index in [2.05, 4.69) is 17.9 Å². The minimum Gasteiger partial charge on any atom is -0.456 e. The molecule has 1 fully saturated rings. The minimum absolute atomic E-state index is 0.0791. The number of hydrogen-bond donors (Lipinski definition) is 0. The highest BCUT2D eigenvalue weighted by Gasteiger charge is 2.32. The molecule has 3 nitrogen and oxygen atoms in total. The second-order valence-corrected chi connectivity index (χ2v) is 7.40. The van der Waals surface area contributed by atoms with E-state index in [1.807, 2.05) is 26.8 Å². The SMILES string of the molecule is CC1CCCCC1N1CC=CC(OC(=O)C(C)(C)C)C1. The lowest BCUT2D eigenvalue weighted by Crippen LogP contribution is -2.48. The summed E-state index contributed by atoms with van der Waals surface area (Å²) in [7, 11) is 0. The largest absolute Gasteiger partial charge is 0.456 e. The summed E-state index contributed by atoms with van der Waals surface area (Å²) >= 11 is 0. The van der Waals surface area contributed by atoms with Crippen molar-refractivity contribution in [1.29, 1.82) is 0 Å². The fraction of sp³-hybridized carbons (Fsp3) is 0.824. The molecule has 2 aliphatic rings. The monoisotopic (exact) mass is 279 g/mol. The Hall–Kier alpha value is -0.830. The van der Waals surface area contributed by atoms with Gasteiger partial charge in [0.25, 0.3) is 0 Å². The zero-order valence-electron chi connectivity index (χ0n) is 13.4. The van der Waals surface area contributed by atoms with Crippen LogP contribution in [0, 0.1) is 11.3 Å². The highest BCUT2D eigenvalue weighted by atomic mass is 16.5. The summed E-state index contributed by atoms with van der Waals surface area (Å²) in [5, 5.41) is 0. The van der Waals surface area contributed by atoms with E-state index < -0.39 is 5.41 Å². The van der Waals surface area contributed by atoms with E-state index in [4.69, 9.17) is 4.74 Å². The topological polar surface area (TPSA) is 29.5 Å². The van der Waals surface area contributed by atoms with Crippen LogP contribution in [0.25, 0.3) is 0 Å². The van der Waals surface area contributed by atoms with Crippen LogP contribution in [-0.4, -0.2) is 36.1 Å². The first-order chi connectivity index (χ1) is 9.38. The van der Waals surface area contributed by atoms with Crippen LogP contribution in [0.5, 0.6) is 0 Å². The van der Waals surface area contributed by atoms with E-state index in [0.717, 1.165) is 19.0 Å². The number of hydrogen-bond acceptors (Lipinski definition) is 3. The Morgan fingerprint density at radius 2 is 1.95 bits per heavy atom. The van der Waals surface area contributed by atoms with Gasteiger partial charge in [-0.2, -0.15) is 0 Å². The van der Waals surface area contributed by atoms with Crippen LogP contribution in [0.15, 0.2) is 12.2 Å². The van der Waals surface area contributed by atoms with Crippen LogP contribution in [0.4, 0.5) is 0 Å². The van der Waals surface area contributed by atoms with E-state index in [9.17, 15) is 4.79 Å². The van der Waals surface area contributed by atoms with Gasteiger partial charge in [-0.15, -0.1) is 0 Å². The first-order valence-electron chi connectivity index (χ1n) is 7.99. The van der Waals surface area contributed by atoms with Crippen LogP contribution >= 0.6 is 0 Å². The third-order valence-corrected chi connectivity index (χ3v) is 4.51. The van der Waals surface area contributed by atoms with Gasteiger partial charge in [0.1, 0.15) is 6.10 Å². The van der Waals surface area contributed by atoms with Gasteiger partial charge in [0.2, 0.25) is 0 Å². The number of ether oxygens (including phenoxy) is 1. The Bertz CT molecular complexity index is 370. The number of carbonyl (C=O) groups is 1. The Morgan fingerprint density at radius 1 is 1.25 bits per heavy atom. The predicted octanol–water partition coefficient (Wildman–Crippen LogP) is 3.39. The molecule has 0 saturated heterocycles. The van der Waals surface area contributed by atoms with Crippen molar-refractivity contribution in [3.8, 4) is 0 Å². The summed E-state index contributed by atoms with van der Waals surface area (Å²) in [6.07, 6.45) is 9.45. The molecule has 114 valence electrons. The minimum atomic E-state index is -0.422. The molecule has 2 rings (SSSR count). The van der Waals surface area contributed by atoms with Gasteiger partial charge in [0, 0.05) is 19.1 Å². The van der Waals surface area contributed by atoms with Gasteiger partial charge < -0.3 is 4.74 Å². The lowest BCUT2D eigenvalue weighted by Gasteiger charge is -2.41. The molecule has 20 heavy (non-hydrogen) atoms. The summed E-state index contributed by atoms with van der Waals surface area (Å²) in [6.45, 7) is 9.93. The molecule has 0 radical (unpaired) electrons. The first kappa shape index (κ1) is 15.6. The maximum atomic E-state index is 12.0. The molecule has 0 N–H and O–H groups in total. The molecule has 0 aromatic rings. The van der Waals surface area contributed by atoms with Crippen LogP contribution in [0.3, 0.4) is 0 Å². The van der Waals surface area contributed by atoms with Crippen molar-refractivity contribution in [2.45, 2.75) is 65.5 Å². The second kappa shape index (κ2) is 6.30. The van der Waals surface area contributed by atoms with Crippen LogP contribution in [0.2, 0.25) is 0 Å². The zero-order chi connectivity index (χ0) is 14.8. The maximum absolute atomic E-state index is 12.0. The van der Waals surface area contributed by atoms with Gasteiger partial charge in [-0.25, -0.2) is 0 Å². The molecule has 1 aliphatic heterocycles. The molecule has 1 saturated carbocycles. The zero-order valence-corrected chi connectivity index (χ0v) is 13.4. The smallest absolute Gasteiger partial charge is 0.311 e. The average molecular weight is 279 g/mol. The van der Waals surface area contributed by atoms with Gasteiger partial charge in [-0.3, -0.25) is 9.69 Å². The lowest BCUT2D eigenvalue weighted by atomic mass is 9.84. The fourth-order valence-corrected chi connectivity index (χ4v) is 3.22. The Balaban J connectivity index is 1.93. The number of nitrogens with zero attached hydrogens (tertiary/aromatic N) is 1. The maximum Gasteiger partial charge on any atom is 0.311 e. The van der Waals surface area contributed by atoms with Crippen LogP contribution < -0.4 is 0 Å². The van der Waals surface area contributed by atoms with E-state index in [1.165, 1.54) is 25.7 Å². The van der Waals surface area contributed by atoms with E-state index >= 15 is 0 Å². The molecule has 3 unspecified atom stereocenters. The molecule has 0 spiro atoms. The van der Waals surface area contributed by atoms with Crippen molar-refractivity contribution >= 4 is 5.97 Å². The van der Waals surface area contributed by atoms with E-state index in [0.29, 0.717) is 6.04 Å². The highest BCUT2D eigenvalue weighted by molar-refractivity contribution is 5.75. The fourth-order valence-electron chi connectivity index (χ4n) is 3.22. The number of carbonyl (C=O) groups excluding carboxylic acids is 1. The molecule has 0 aromatic carbocycles. The summed E-state index contributed by atoms with van der Waals surface area (Å²) in [4.78, 5) is 14.5. The van der Waals surface area contributed by atoms with Gasteiger partial charge >= 0.3 is 5.97 Å².